The first-order valence-corrected chi connectivity index (χ1v) is 6.58. The van der Waals surface area contributed by atoms with E-state index in [4.69, 9.17) is 0 Å². The van der Waals surface area contributed by atoms with Gasteiger partial charge in [0, 0.05) is 17.8 Å². The third-order valence-electron chi connectivity index (χ3n) is 3.33. The average molecular weight is 248 g/mol. The zero-order valence-electron chi connectivity index (χ0n) is 11.3. The van der Waals surface area contributed by atoms with Gasteiger partial charge in [-0.05, 0) is 48.0 Å². The Hall–Kier alpha value is -1.35. The first-order chi connectivity index (χ1) is 8.58. The van der Waals surface area contributed by atoms with Crippen LogP contribution in [0.5, 0.6) is 0 Å². The standard InChI is InChI=1S/C15H21FN2/c1-10(2)17-6-4-11(3)13-8-12-5-7-18-15(12)9-14(13)16/h5,7-11,17-18H,4,6H2,1-3H3. The van der Waals surface area contributed by atoms with E-state index in [0.717, 1.165) is 29.4 Å². The maximum Gasteiger partial charge on any atom is 0.128 e. The van der Waals surface area contributed by atoms with Crippen LogP contribution in [0, 0.1) is 5.82 Å². The number of benzene rings is 1. The van der Waals surface area contributed by atoms with Gasteiger partial charge < -0.3 is 10.3 Å². The summed E-state index contributed by atoms with van der Waals surface area (Å²) >= 11 is 0. The van der Waals surface area contributed by atoms with Crippen LogP contribution in [-0.4, -0.2) is 17.6 Å². The summed E-state index contributed by atoms with van der Waals surface area (Å²) in [6.07, 6.45) is 2.80. The van der Waals surface area contributed by atoms with Gasteiger partial charge in [-0.1, -0.05) is 20.8 Å². The van der Waals surface area contributed by atoms with Crippen molar-refractivity contribution in [3.63, 3.8) is 0 Å². The van der Waals surface area contributed by atoms with E-state index < -0.39 is 0 Å². The summed E-state index contributed by atoms with van der Waals surface area (Å²) in [4.78, 5) is 3.03. The topological polar surface area (TPSA) is 27.8 Å². The fraction of sp³-hybridized carbons (Fsp3) is 0.467. The number of hydrogen-bond donors (Lipinski definition) is 2. The lowest BCUT2D eigenvalue weighted by Gasteiger charge is -2.15. The summed E-state index contributed by atoms with van der Waals surface area (Å²) in [5.41, 5.74) is 1.68. The van der Waals surface area contributed by atoms with Crippen LogP contribution in [0.3, 0.4) is 0 Å². The van der Waals surface area contributed by atoms with E-state index >= 15 is 0 Å². The van der Waals surface area contributed by atoms with Crippen molar-refractivity contribution in [3.05, 3.63) is 35.8 Å². The molecule has 1 heterocycles. The molecule has 1 aromatic heterocycles. The fourth-order valence-electron chi connectivity index (χ4n) is 2.21. The van der Waals surface area contributed by atoms with Crippen molar-refractivity contribution in [1.29, 1.82) is 0 Å². The molecule has 0 amide bonds. The van der Waals surface area contributed by atoms with Crippen molar-refractivity contribution in [1.82, 2.24) is 10.3 Å². The van der Waals surface area contributed by atoms with Crippen LogP contribution in [0.4, 0.5) is 4.39 Å². The van der Waals surface area contributed by atoms with Crippen LogP contribution in [0.25, 0.3) is 10.9 Å². The zero-order chi connectivity index (χ0) is 13.1. The van der Waals surface area contributed by atoms with Gasteiger partial charge in [-0.2, -0.15) is 0 Å². The van der Waals surface area contributed by atoms with Crippen LogP contribution in [0.2, 0.25) is 0 Å². The van der Waals surface area contributed by atoms with Gasteiger partial charge in [-0.3, -0.25) is 0 Å². The van der Waals surface area contributed by atoms with Crippen LogP contribution in [-0.2, 0) is 0 Å². The van der Waals surface area contributed by atoms with Gasteiger partial charge in [0.1, 0.15) is 5.82 Å². The molecule has 0 saturated carbocycles. The lowest BCUT2D eigenvalue weighted by Crippen LogP contribution is -2.24. The minimum absolute atomic E-state index is 0.109. The average Bonchev–Trinajstić information content (AvgIpc) is 2.74. The van der Waals surface area contributed by atoms with Crippen molar-refractivity contribution in [2.24, 2.45) is 0 Å². The largest absolute Gasteiger partial charge is 0.361 e. The van der Waals surface area contributed by atoms with Gasteiger partial charge in [0.25, 0.3) is 0 Å². The van der Waals surface area contributed by atoms with Gasteiger partial charge >= 0.3 is 0 Å². The van der Waals surface area contributed by atoms with Gasteiger partial charge in [0.15, 0.2) is 0 Å². The van der Waals surface area contributed by atoms with Crippen LogP contribution in [0.1, 0.15) is 38.7 Å². The Labute approximate surface area is 108 Å². The van der Waals surface area contributed by atoms with Gasteiger partial charge in [0.2, 0.25) is 0 Å². The SMILES string of the molecule is CC(C)NCCC(C)c1cc2cc[nH]c2cc1F. The number of aromatic amines is 1. The molecule has 0 saturated heterocycles. The molecule has 0 radical (unpaired) electrons. The van der Waals surface area contributed by atoms with E-state index in [-0.39, 0.29) is 11.7 Å². The number of H-pyrrole nitrogens is 1. The maximum absolute atomic E-state index is 14.0. The molecular formula is C15H21FN2. The van der Waals surface area contributed by atoms with Crippen molar-refractivity contribution in [2.75, 3.05) is 6.54 Å². The van der Waals surface area contributed by atoms with E-state index in [1.807, 2.05) is 18.3 Å². The molecule has 98 valence electrons. The first kappa shape index (κ1) is 13.1. The molecule has 0 bridgehead atoms. The Balaban J connectivity index is 2.11. The van der Waals surface area contributed by atoms with Crippen molar-refractivity contribution in [3.8, 4) is 0 Å². The van der Waals surface area contributed by atoms with Crippen LogP contribution < -0.4 is 5.32 Å². The van der Waals surface area contributed by atoms with Crippen molar-refractivity contribution >= 4 is 10.9 Å². The summed E-state index contributed by atoms with van der Waals surface area (Å²) in [6.45, 7) is 7.25. The molecule has 0 fully saturated rings. The molecule has 1 aromatic carbocycles. The molecule has 18 heavy (non-hydrogen) atoms. The van der Waals surface area contributed by atoms with E-state index in [2.05, 4.69) is 31.1 Å². The maximum atomic E-state index is 14.0. The van der Waals surface area contributed by atoms with Crippen LogP contribution >= 0.6 is 0 Å². The number of rotatable bonds is 5. The number of aromatic nitrogens is 1. The van der Waals surface area contributed by atoms with Gasteiger partial charge in [-0.25, -0.2) is 4.39 Å². The second kappa shape index (κ2) is 5.53. The second-order valence-corrected chi connectivity index (χ2v) is 5.24. The summed E-state index contributed by atoms with van der Waals surface area (Å²) < 4.78 is 14.0. The monoisotopic (exact) mass is 248 g/mol. The molecule has 2 N–H and O–H groups in total. The van der Waals surface area contributed by atoms with Crippen molar-refractivity contribution in [2.45, 2.75) is 39.2 Å². The molecule has 1 unspecified atom stereocenters. The minimum Gasteiger partial charge on any atom is -0.361 e. The summed E-state index contributed by atoms with van der Waals surface area (Å²) in [7, 11) is 0. The quantitative estimate of drug-likeness (QED) is 0.827. The second-order valence-electron chi connectivity index (χ2n) is 5.24. The molecule has 0 aliphatic carbocycles. The predicted octanol–water partition coefficient (Wildman–Crippen LogP) is 3.80. The molecule has 2 rings (SSSR count). The molecular weight excluding hydrogens is 227 g/mol. The molecule has 0 aliphatic heterocycles. The highest BCUT2D eigenvalue weighted by Crippen LogP contribution is 2.26. The first-order valence-electron chi connectivity index (χ1n) is 6.58. The lowest BCUT2D eigenvalue weighted by molar-refractivity contribution is 0.524. The van der Waals surface area contributed by atoms with Gasteiger partial charge in [-0.15, -0.1) is 0 Å². The van der Waals surface area contributed by atoms with E-state index in [9.17, 15) is 4.39 Å². The zero-order valence-corrected chi connectivity index (χ0v) is 11.3. The highest BCUT2D eigenvalue weighted by molar-refractivity contribution is 5.80. The van der Waals surface area contributed by atoms with E-state index in [1.54, 1.807) is 6.07 Å². The molecule has 2 nitrogen and oxygen atoms in total. The summed E-state index contributed by atoms with van der Waals surface area (Å²) in [5, 5.41) is 4.45. The number of halogens is 1. The number of hydrogen-bond acceptors (Lipinski definition) is 1. The molecule has 0 aliphatic rings. The van der Waals surface area contributed by atoms with Gasteiger partial charge in [0.05, 0.1) is 0 Å². The molecule has 1 atom stereocenters. The molecule has 3 heteroatoms. The fourth-order valence-corrected chi connectivity index (χ4v) is 2.21. The molecule has 0 spiro atoms. The number of fused-ring (bicyclic) bond motifs is 1. The van der Waals surface area contributed by atoms with E-state index in [0.29, 0.717) is 6.04 Å². The number of nitrogens with one attached hydrogen (secondary N) is 2. The Kier molecular flexibility index (Phi) is 4.02. The Bertz CT molecular complexity index is 516. The van der Waals surface area contributed by atoms with Crippen molar-refractivity contribution < 1.29 is 4.39 Å². The lowest BCUT2D eigenvalue weighted by atomic mass is 9.96. The van der Waals surface area contributed by atoms with Crippen LogP contribution in [0.15, 0.2) is 24.4 Å². The summed E-state index contributed by atoms with van der Waals surface area (Å²) in [5.74, 6) is 0.123. The Morgan fingerprint density at radius 1 is 1.28 bits per heavy atom. The third kappa shape index (κ3) is 2.91. The molecule has 2 aromatic rings. The Morgan fingerprint density at radius 2 is 2.06 bits per heavy atom. The normalized spacial score (nSPS) is 13.4. The Morgan fingerprint density at radius 3 is 2.78 bits per heavy atom. The predicted molar refractivity (Wildman–Crippen MR) is 74.4 cm³/mol. The minimum atomic E-state index is -0.109. The smallest absolute Gasteiger partial charge is 0.128 e. The highest BCUT2D eigenvalue weighted by Gasteiger charge is 2.12. The third-order valence-corrected chi connectivity index (χ3v) is 3.33. The summed E-state index contributed by atoms with van der Waals surface area (Å²) in [6, 6.07) is 6.02. The highest BCUT2D eigenvalue weighted by atomic mass is 19.1. The van der Waals surface area contributed by atoms with E-state index in [1.165, 1.54) is 0 Å².